The van der Waals surface area contributed by atoms with Gasteiger partial charge in [-0.2, -0.15) is 9.78 Å². The van der Waals surface area contributed by atoms with Crippen molar-refractivity contribution >= 4 is 29.2 Å². The lowest BCUT2D eigenvalue weighted by molar-refractivity contribution is 0.102. The fourth-order valence-electron chi connectivity index (χ4n) is 4.33. The standard InChI is InChI=1S/C28H26ClN5O3/c1-17-5-2-6-18(13-17)16-31-28(37)34-24(19-7-3-8-19)15-23(33-34)22-14-20(10-11-25(22)35)32-27(36)21-9-4-12-30-26(21)29/h2,4-6,9-15,19,35H,3,7-8,16H2,1H3,(H,31,37)(H,32,36). The summed E-state index contributed by atoms with van der Waals surface area (Å²) in [4.78, 5) is 29.8. The summed E-state index contributed by atoms with van der Waals surface area (Å²) in [6.45, 7) is 2.39. The van der Waals surface area contributed by atoms with Gasteiger partial charge in [-0.05, 0) is 61.7 Å². The van der Waals surface area contributed by atoms with Crippen LogP contribution in [0.3, 0.4) is 0 Å². The van der Waals surface area contributed by atoms with Crippen molar-refractivity contribution < 1.29 is 14.7 Å². The number of halogens is 1. The Morgan fingerprint density at radius 2 is 1.95 bits per heavy atom. The number of nitrogens with one attached hydrogen (secondary N) is 2. The molecule has 4 aromatic rings. The molecule has 0 unspecified atom stereocenters. The van der Waals surface area contributed by atoms with Crippen molar-refractivity contribution in [1.82, 2.24) is 20.1 Å². The van der Waals surface area contributed by atoms with Gasteiger partial charge in [-0.3, -0.25) is 4.79 Å². The highest BCUT2D eigenvalue weighted by molar-refractivity contribution is 6.33. The molecular formula is C28H26ClN5O3. The van der Waals surface area contributed by atoms with Crippen LogP contribution in [0.25, 0.3) is 11.3 Å². The molecule has 0 aliphatic heterocycles. The van der Waals surface area contributed by atoms with Gasteiger partial charge in [0, 0.05) is 29.9 Å². The van der Waals surface area contributed by atoms with Gasteiger partial charge in [-0.15, -0.1) is 0 Å². The van der Waals surface area contributed by atoms with Crippen molar-refractivity contribution in [3.05, 3.63) is 94.4 Å². The lowest BCUT2D eigenvalue weighted by Crippen LogP contribution is -2.31. The molecule has 188 valence electrons. The summed E-state index contributed by atoms with van der Waals surface area (Å²) in [7, 11) is 0. The summed E-state index contributed by atoms with van der Waals surface area (Å²) in [6, 6.07) is 17.4. The molecule has 3 N–H and O–H groups in total. The maximum Gasteiger partial charge on any atom is 0.342 e. The number of hydrogen-bond acceptors (Lipinski definition) is 5. The number of pyridine rings is 1. The smallest absolute Gasteiger partial charge is 0.342 e. The molecule has 0 bridgehead atoms. The summed E-state index contributed by atoms with van der Waals surface area (Å²) in [5.41, 5.74) is 4.46. The quantitative estimate of drug-likeness (QED) is 0.219. The zero-order valence-corrected chi connectivity index (χ0v) is 21.0. The van der Waals surface area contributed by atoms with E-state index in [1.54, 1.807) is 24.3 Å². The topological polar surface area (TPSA) is 109 Å². The van der Waals surface area contributed by atoms with Crippen LogP contribution in [0, 0.1) is 6.92 Å². The highest BCUT2D eigenvalue weighted by Crippen LogP contribution is 2.39. The molecule has 1 fully saturated rings. The summed E-state index contributed by atoms with van der Waals surface area (Å²) >= 11 is 6.05. The van der Waals surface area contributed by atoms with Gasteiger partial charge in [0.05, 0.1) is 17.0 Å². The number of aromatic hydroxyl groups is 1. The number of rotatable bonds is 6. The number of amides is 2. The second-order valence-corrected chi connectivity index (χ2v) is 9.53. The number of phenols is 1. The molecule has 1 saturated carbocycles. The molecule has 0 spiro atoms. The van der Waals surface area contributed by atoms with E-state index in [9.17, 15) is 14.7 Å². The molecule has 2 aromatic carbocycles. The molecule has 0 radical (unpaired) electrons. The highest BCUT2D eigenvalue weighted by atomic mass is 35.5. The molecule has 9 heteroatoms. The van der Waals surface area contributed by atoms with Gasteiger partial charge in [-0.1, -0.05) is 47.9 Å². The number of carbonyl (C=O) groups is 2. The monoisotopic (exact) mass is 515 g/mol. The van der Waals surface area contributed by atoms with E-state index in [1.165, 1.54) is 16.9 Å². The third-order valence-electron chi connectivity index (χ3n) is 6.51. The third kappa shape index (κ3) is 5.34. The summed E-state index contributed by atoms with van der Waals surface area (Å²) < 4.78 is 1.40. The first-order valence-electron chi connectivity index (χ1n) is 12.1. The van der Waals surface area contributed by atoms with Crippen molar-refractivity contribution in [3.8, 4) is 17.0 Å². The first kappa shape index (κ1) is 24.5. The predicted molar refractivity (Wildman–Crippen MR) is 142 cm³/mol. The van der Waals surface area contributed by atoms with Crippen LogP contribution in [-0.4, -0.2) is 31.8 Å². The largest absolute Gasteiger partial charge is 0.507 e. The van der Waals surface area contributed by atoms with Crippen molar-refractivity contribution in [2.75, 3.05) is 5.32 Å². The van der Waals surface area contributed by atoms with E-state index in [2.05, 4.69) is 20.7 Å². The summed E-state index contributed by atoms with van der Waals surface area (Å²) in [6.07, 6.45) is 4.55. The second-order valence-electron chi connectivity index (χ2n) is 9.17. The van der Waals surface area contributed by atoms with E-state index in [1.807, 2.05) is 37.3 Å². The van der Waals surface area contributed by atoms with Gasteiger partial charge in [0.15, 0.2) is 0 Å². The van der Waals surface area contributed by atoms with Crippen molar-refractivity contribution in [2.24, 2.45) is 0 Å². The fraction of sp³-hybridized carbons (Fsp3) is 0.214. The van der Waals surface area contributed by atoms with Crippen LogP contribution < -0.4 is 10.6 Å². The number of carbonyl (C=O) groups excluding carboxylic acids is 2. The van der Waals surface area contributed by atoms with E-state index in [4.69, 9.17) is 11.6 Å². The van der Waals surface area contributed by atoms with Crippen LogP contribution in [0.2, 0.25) is 5.15 Å². The molecule has 1 aliphatic carbocycles. The maximum absolute atomic E-state index is 13.2. The zero-order chi connectivity index (χ0) is 25.9. The number of aryl methyl sites for hydroxylation is 1. The molecule has 5 rings (SSSR count). The van der Waals surface area contributed by atoms with Crippen LogP contribution in [-0.2, 0) is 6.54 Å². The Bertz CT molecular complexity index is 1480. The Hall–Kier alpha value is -4.17. The molecule has 2 amide bonds. The average molecular weight is 516 g/mol. The highest BCUT2D eigenvalue weighted by Gasteiger charge is 2.27. The number of hydrogen-bond donors (Lipinski definition) is 3. The molecule has 2 heterocycles. The first-order valence-corrected chi connectivity index (χ1v) is 12.5. The van der Waals surface area contributed by atoms with E-state index in [0.29, 0.717) is 23.5 Å². The molecule has 2 aromatic heterocycles. The van der Waals surface area contributed by atoms with Gasteiger partial charge in [-0.25, -0.2) is 9.78 Å². The maximum atomic E-state index is 13.2. The Labute approximate surface area is 219 Å². The molecule has 37 heavy (non-hydrogen) atoms. The second kappa shape index (κ2) is 10.4. The van der Waals surface area contributed by atoms with Crippen molar-refractivity contribution in [2.45, 2.75) is 38.6 Å². The fourth-order valence-corrected chi connectivity index (χ4v) is 4.54. The van der Waals surface area contributed by atoms with E-state index < -0.39 is 5.91 Å². The van der Waals surface area contributed by atoms with Crippen LogP contribution in [0.5, 0.6) is 5.75 Å². The van der Waals surface area contributed by atoms with E-state index in [0.717, 1.165) is 36.1 Å². The van der Waals surface area contributed by atoms with Crippen molar-refractivity contribution in [3.63, 3.8) is 0 Å². The molecule has 1 aliphatic rings. The number of benzene rings is 2. The summed E-state index contributed by atoms with van der Waals surface area (Å²) in [5.74, 6) is -0.211. The van der Waals surface area contributed by atoms with Gasteiger partial charge >= 0.3 is 6.03 Å². The average Bonchev–Trinajstić information content (AvgIpc) is 3.27. The lowest BCUT2D eigenvalue weighted by Gasteiger charge is -2.25. The minimum absolute atomic E-state index is 0.0117. The van der Waals surface area contributed by atoms with Gasteiger partial charge in [0.1, 0.15) is 10.9 Å². The zero-order valence-electron chi connectivity index (χ0n) is 20.2. The molecule has 0 saturated heterocycles. The van der Waals surface area contributed by atoms with Crippen LogP contribution >= 0.6 is 11.6 Å². The minimum Gasteiger partial charge on any atom is -0.507 e. The number of aromatic nitrogens is 3. The van der Waals surface area contributed by atoms with Gasteiger partial charge in [0.2, 0.25) is 0 Å². The molecule has 8 nitrogen and oxygen atoms in total. The van der Waals surface area contributed by atoms with E-state index in [-0.39, 0.29) is 28.4 Å². The number of anilines is 1. The Balaban J connectivity index is 1.41. The van der Waals surface area contributed by atoms with Crippen LogP contribution in [0.15, 0.2) is 66.9 Å². The number of phenolic OH excluding ortho intramolecular Hbond substituents is 1. The Kier molecular flexibility index (Phi) is 6.92. The lowest BCUT2D eigenvalue weighted by atomic mass is 9.82. The van der Waals surface area contributed by atoms with Gasteiger partial charge in [0.25, 0.3) is 5.91 Å². The Morgan fingerprint density at radius 3 is 2.68 bits per heavy atom. The SMILES string of the molecule is Cc1cccc(CNC(=O)n2nc(-c3cc(NC(=O)c4cccnc4Cl)ccc3O)cc2C2CCC2)c1. The van der Waals surface area contributed by atoms with Crippen molar-refractivity contribution in [1.29, 1.82) is 0 Å². The first-order chi connectivity index (χ1) is 17.9. The predicted octanol–water partition coefficient (Wildman–Crippen LogP) is 5.89. The molecule has 0 atom stereocenters. The minimum atomic E-state index is -0.425. The third-order valence-corrected chi connectivity index (χ3v) is 6.81. The normalized spacial score (nSPS) is 13.1. The van der Waals surface area contributed by atoms with Crippen LogP contribution in [0.4, 0.5) is 10.5 Å². The number of nitrogens with zero attached hydrogens (tertiary/aromatic N) is 3. The van der Waals surface area contributed by atoms with Gasteiger partial charge < -0.3 is 15.7 Å². The molecular weight excluding hydrogens is 490 g/mol. The summed E-state index contributed by atoms with van der Waals surface area (Å²) in [5, 5.41) is 21.0. The van der Waals surface area contributed by atoms with E-state index >= 15 is 0 Å². The Morgan fingerprint density at radius 1 is 1.11 bits per heavy atom. The van der Waals surface area contributed by atoms with Crippen LogP contribution in [0.1, 0.15) is 52.4 Å².